The molecule has 3 rings (SSSR count). The van der Waals surface area contributed by atoms with Crippen LogP contribution < -0.4 is 11.1 Å². The summed E-state index contributed by atoms with van der Waals surface area (Å²) >= 11 is 0. The summed E-state index contributed by atoms with van der Waals surface area (Å²) in [6.07, 6.45) is 2.67. The van der Waals surface area contributed by atoms with E-state index in [0.717, 1.165) is 26.1 Å². The standard InChI is InChI=1S/C8H14N2O2/c9-5-1-2-8(3-11-4-8)10-7-6(5)12-7/h5-7,10H,1-4,9H2. The summed E-state index contributed by atoms with van der Waals surface area (Å²) in [7, 11) is 0. The summed E-state index contributed by atoms with van der Waals surface area (Å²) in [6, 6.07) is 0.225. The molecule has 3 unspecified atom stereocenters. The molecule has 12 heavy (non-hydrogen) atoms. The molecule has 4 heteroatoms. The van der Waals surface area contributed by atoms with Crippen molar-refractivity contribution in [3.05, 3.63) is 0 Å². The van der Waals surface area contributed by atoms with E-state index >= 15 is 0 Å². The fourth-order valence-corrected chi connectivity index (χ4v) is 2.12. The first kappa shape index (κ1) is 7.26. The van der Waals surface area contributed by atoms with Crippen molar-refractivity contribution in [3.63, 3.8) is 0 Å². The van der Waals surface area contributed by atoms with Crippen LogP contribution in [-0.4, -0.2) is 37.1 Å². The van der Waals surface area contributed by atoms with Crippen LogP contribution in [0.1, 0.15) is 12.8 Å². The topological polar surface area (TPSA) is 59.8 Å². The second-order valence-corrected chi connectivity index (χ2v) is 4.14. The van der Waals surface area contributed by atoms with E-state index in [9.17, 15) is 0 Å². The van der Waals surface area contributed by atoms with Gasteiger partial charge in [-0.1, -0.05) is 0 Å². The molecule has 3 saturated heterocycles. The highest BCUT2D eigenvalue weighted by Gasteiger charge is 2.53. The molecule has 4 nitrogen and oxygen atoms in total. The molecule has 3 fully saturated rings. The Labute approximate surface area is 71.4 Å². The maximum atomic E-state index is 5.91. The second-order valence-electron chi connectivity index (χ2n) is 4.14. The van der Waals surface area contributed by atoms with Gasteiger partial charge in [-0.15, -0.1) is 0 Å². The van der Waals surface area contributed by atoms with Crippen LogP contribution in [0.5, 0.6) is 0 Å². The van der Waals surface area contributed by atoms with Crippen molar-refractivity contribution in [1.82, 2.24) is 5.32 Å². The monoisotopic (exact) mass is 170 g/mol. The van der Waals surface area contributed by atoms with Gasteiger partial charge < -0.3 is 15.2 Å². The average Bonchev–Trinajstić information content (AvgIpc) is 2.71. The first-order valence-corrected chi connectivity index (χ1v) is 4.56. The van der Waals surface area contributed by atoms with Crippen molar-refractivity contribution in [1.29, 1.82) is 0 Å². The fourth-order valence-electron chi connectivity index (χ4n) is 2.12. The normalized spacial score (nSPS) is 49.2. The molecule has 3 atom stereocenters. The van der Waals surface area contributed by atoms with Gasteiger partial charge in [0.1, 0.15) is 12.3 Å². The first-order valence-electron chi connectivity index (χ1n) is 4.56. The van der Waals surface area contributed by atoms with Crippen molar-refractivity contribution in [2.24, 2.45) is 5.73 Å². The van der Waals surface area contributed by atoms with Gasteiger partial charge in [0.15, 0.2) is 0 Å². The van der Waals surface area contributed by atoms with Gasteiger partial charge in [-0.05, 0) is 12.8 Å². The minimum atomic E-state index is 0.202. The first-order chi connectivity index (χ1) is 5.79. The van der Waals surface area contributed by atoms with Gasteiger partial charge in [0.05, 0.1) is 18.8 Å². The predicted molar refractivity (Wildman–Crippen MR) is 42.6 cm³/mol. The third-order valence-corrected chi connectivity index (χ3v) is 3.11. The van der Waals surface area contributed by atoms with E-state index in [1.54, 1.807) is 0 Å². The van der Waals surface area contributed by atoms with Crippen LogP contribution in [0.25, 0.3) is 0 Å². The number of fused-ring (bicyclic) bond motifs is 1. The zero-order valence-electron chi connectivity index (χ0n) is 6.95. The van der Waals surface area contributed by atoms with E-state index in [1.165, 1.54) is 0 Å². The number of hydrogen-bond acceptors (Lipinski definition) is 4. The average molecular weight is 170 g/mol. The second kappa shape index (κ2) is 2.20. The molecule has 3 heterocycles. The lowest BCUT2D eigenvalue weighted by molar-refractivity contribution is -0.0839. The quantitative estimate of drug-likeness (QED) is 0.467. The van der Waals surface area contributed by atoms with Gasteiger partial charge in [-0.3, -0.25) is 5.32 Å². The van der Waals surface area contributed by atoms with Crippen LogP contribution in [0.2, 0.25) is 0 Å². The molecule has 0 aromatic rings. The molecule has 0 amide bonds. The van der Waals surface area contributed by atoms with Crippen LogP contribution >= 0.6 is 0 Å². The van der Waals surface area contributed by atoms with E-state index in [2.05, 4.69) is 5.32 Å². The van der Waals surface area contributed by atoms with E-state index in [4.69, 9.17) is 15.2 Å². The molecule has 0 saturated carbocycles. The Hall–Kier alpha value is -0.160. The van der Waals surface area contributed by atoms with Crippen molar-refractivity contribution >= 4 is 0 Å². The van der Waals surface area contributed by atoms with Crippen LogP contribution in [0.4, 0.5) is 0 Å². The highest BCUT2D eigenvalue weighted by atomic mass is 16.6. The summed E-state index contributed by atoms with van der Waals surface area (Å²) in [5.74, 6) is 0. The highest BCUT2D eigenvalue weighted by molar-refractivity contribution is 5.05. The Morgan fingerprint density at radius 3 is 2.92 bits per heavy atom. The minimum Gasteiger partial charge on any atom is -0.377 e. The molecule has 3 aliphatic heterocycles. The van der Waals surface area contributed by atoms with E-state index in [0.29, 0.717) is 0 Å². The predicted octanol–water partition coefficient (Wildman–Crippen LogP) is -0.809. The van der Waals surface area contributed by atoms with Gasteiger partial charge in [0, 0.05) is 6.04 Å². The van der Waals surface area contributed by atoms with Gasteiger partial charge in [-0.2, -0.15) is 0 Å². The van der Waals surface area contributed by atoms with Gasteiger partial charge in [0.2, 0.25) is 0 Å². The molecule has 1 spiro atoms. The Morgan fingerprint density at radius 1 is 1.42 bits per heavy atom. The van der Waals surface area contributed by atoms with Crippen molar-refractivity contribution < 1.29 is 9.47 Å². The molecule has 0 aromatic heterocycles. The van der Waals surface area contributed by atoms with E-state index in [1.807, 2.05) is 0 Å². The Balaban J connectivity index is 1.75. The van der Waals surface area contributed by atoms with Crippen LogP contribution in [0.15, 0.2) is 0 Å². The third kappa shape index (κ3) is 0.925. The lowest BCUT2D eigenvalue weighted by atomic mass is 9.91. The van der Waals surface area contributed by atoms with Crippen molar-refractivity contribution in [2.45, 2.75) is 36.8 Å². The Morgan fingerprint density at radius 2 is 2.25 bits per heavy atom. The number of nitrogens with two attached hydrogens (primary N) is 1. The number of ether oxygens (including phenoxy) is 2. The van der Waals surface area contributed by atoms with Gasteiger partial charge in [0.25, 0.3) is 0 Å². The molecule has 68 valence electrons. The summed E-state index contributed by atoms with van der Waals surface area (Å²) in [5.41, 5.74) is 6.12. The smallest absolute Gasteiger partial charge is 0.137 e. The molecular formula is C8H14N2O2. The summed E-state index contributed by atoms with van der Waals surface area (Å²) in [5, 5.41) is 3.47. The summed E-state index contributed by atoms with van der Waals surface area (Å²) < 4.78 is 10.6. The maximum Gasteiger partial charge on any atom is 0.137 e. The Bertz CT molecular complexity index is 205. The zero-order chi connectivity index (χ0) is 8.18. The molecule has 0 bridgehead atoms. The van der Waals surface area contributed by atoms with Gasteiger partial charge >= 0.3 is 0 Å². The third-order valence-electron chi connectivity index (χ3n) is 3.11. The lowest BCUT2D eigenvalue weighted by Crippen LogP contribution is -2.60. The van der Waals surface area contributed by atoms with Crippen LogP contribution in [0.3, 0.4) is 0 Å². The van der Waals surface area contributed by atoms with Gasteiger partial charge in [-0.25, -0.2) is 0 Å². The number of epoxide rings is 1. The SMILES string of the molecule is NC1CCC2(COC2)NC2OC12. The highest BCUT2D eigenvalue weighted by Crippen LogP contribution is 2.35. The maximum absolute atomic E-state index is 5.91. The minimum absolute atomic E-state index is 0.202. The summed E-state index contributed by atoms with van der Waals surface area (Å²) in [6.45, 7) is 1.65. The fraction of sp³-hybridized carbons (Fsp3) is 1.00. The molecule has 0 radical (unpaired) electrons. The molecule has 3 N–H and O–H groups in total. The number of hydrogen-bond donors (Lipinski definition) is 2. The molecule has 0 aromatic carbocycles. The molecule has 3 aliphatic rings. The number of rotatable bonds is 0. The van der Waals surface area contributed by atoms with Crippen molar-refractivity contribution in [3.8, 4) is 0 Å². The number of nitrogens with one attached hydrogen (secondary N) is 1. The van der Waals surface area contributed by atoms with Crippen LogP contribution in [-0.2, 0) is 9.47 Å². The largest absolute Gasteiger partial charge is 0.377 e. The van der Waals surface area contributed by atoms with E-state index < -0.39 is 0 Å². The van der Waals surface area contributed by atoms with E-state index in [-0.39, 0.29) is 23.9 Å². The molecular weight excluding hydrogens is 156 g/mol. The lowest BCUT2D eigenvalue weighted by Gasteiger charge is -2.41. The van der Waals surface area contributed by atoms with Crippen molar-refractivity contribution in [2.75, 3.05) is 13.2 Å². The zero-order valence-corrected chi connectivity index (χ0v) is 6.95. The Kier molecular flexibility index (Phi) is 1.33. The summed E-state index contributed by atoms with van der Waals surface area (Å²) in [4.78, 5) is 0. The molecule has 0 aliphatic carbocycles. The van der Waals surface area contributed by atoms with Crippen LogP contribution in [0, 0.1) is 0 Å².